The Morgan fingerprint density at radius 3 is 2.76 bits per heavy atom. The molecule has 0 saturated heterocycles. The van der Waals surface area contributed by atoms with Crippen molar-refractivity contribution in [3.63, 3.8) is 0 Å². The summed E-state index contributed by atoms with van der Waals surface area (Å²) in [6, 6.07) is 13.9. The molecule has 0 bridgehead atoms. The van der Waals surface area contributed by atoms with Crippen LogP contribution in [-0.2, 0) is 16.8 Å². The SMILES string of the molecule is NC(=O)C1(Nc2cccc(F)c2)CCCc2ccccc21. The van der Waals surface area contributed by atoms with Crippen LogP contribution in [-0.4, -0.2) is 5.91 Å². The Balaban J connectivity index is 2.08. The molecular formula is C17H17FN2O. The fourth-order valence-electron chi connectivity index (χ4n) is 3.09. The number of carbonyl (C=O) groups excluding carboxylic acids is 1. The second kappa shape index (κ2) is 5.20. The van der Waals surface area contributed by atoms with Crippen molar-refractivity contribution in [3.8, 4) is 0 Å². The van der Waals surface area contributed by atoms with Crippen LogP contribution < -0.4 is 11.1 Å². The van der Waals surface area contributed by atoms with Crippen LogP contribution in [0.5, 0.6) is 0 Å². The average Bonchev–Trinajstić information content (AvgIpc) is 2.47. The predicted molar refractivity (Wildman–Crippen MR) is 80.3 cm³/mol. The Morgan fingerprint density at radius 2 is 2.00 bits per heavy atom. The third-order valence-electron chi connectivity index (χ3n) is 4.08. The van der Waals surface area contributed by atoms with E-state index in [9.17, 15) is 9.18 Å². The van der Waals surface area contributed by atoms with Crippen LogP contribution in [0.3, 0.4) is 0 Å². The number of carbonyl (C=O) groups is 1. The van der Waals surface area contributed by atoms with Crippen LogP contribution in [0, 0.1) is 5.82 Å². The molecule has 21 heavy (non-hydrogen) atoms. The number of hydrogen-bond donors (Lipinski definition) is 2. The molecule has 0 saturated carbocycles. The highest BCUT2D eigenvalue weighted by Crippen LogP contribution is 2.38. The minimum atomic E-state index is -0.970. The summed E-state index contributed by atoms with van der Waals surface area (Å²) in [5.74, 6) is -0.775. The van der Waals surface area contributed by atoms with Gasteiger partial charge in [-0.3, -0.25) is 4.79 Å². The fraction of sp³-hybridized carbons (Fsp3) is 0.235. The van der Waals surface area contributed by atoms with Gasteiger partial charge in [-0.1, -0.05) is 30.3 Å². The Hall–Kier alpha value is -2.36. The van der Waals surface area contributed by atoms with Gasteiger partial charge in [-0.05, 0) is 48.6 Å². The van der Waals surface area contributed by atoms with E-state index in [-0.39, 0.29) is 5.82 Å². The lowest BCUT2D eigenvalue weighted by molar-refractivity contribution is -0.123. The number of aryl methyl sites for hydroxylation is 1. The molecular weight excluding hydrogens is 267 g/mol. The Kier molecular flexibility index (Phi) is 3.37. The summed E-state index contributed by atoms with van der Waals surface area (Å²) < 4.78 is 13.4. The molecule has 1 atom stereocenters. The van der Waals surface area contributed by atoms with E-state index >= 15 is 0 Å². The molecule has 0 fully saturated rings. The van der Waals surface area contributed by atoms with Gasteiger partial charge in [-0.25, -0.2) is 4.39 Å². The van der Waals surface area contributed by atoms with Gasteiger partial charge >= 0.3 is 0 Å². The zero-order chi connectivity index (χ0) is 14.9. The van der Waals surface area contributed by atoms with Crippen LogP contribution in [0.25, 0.3) is 0 Å². The van der Waals surface area contributed by atoms with Gasteiger partial charge in [0.25, 0.3) is 0 Å². The molecule has 108 valence electrons. The third-order valence-corrected chi connectivity index (χ3v) is 4.08. The minimum Gasteiger partial charge on any atom is -0.368 e. The summed E-state index contributed by atoms with van der Waals surface area (Å²) >= 11 is 0. The van der Waals surface area contributed by atoms with E-state index in [0.717, 1.165) is 24.0 Å². The van der Waals surface area contributed by atoms with Crippen molar-refractivity contribution in [1.82, 2.24) is 0 Å². The lowest BCUT2D eigenvalue weighted by atomic mass is 9.75. The van der Waals surface area contributed by atoms with E-state index in [1.165, 1.54) is 12.1 Å². The van der Waals surface area contributed by atoms with Crippen molar-refractivity contribution in [2.24, 2.45) is 5.73 Å². The van der Waals surface area contributed by atoms with Gasteiger partial charge in [-0.15, -0.1) is 0 Å². The lowest BCUT2D eigenvalue weighted by Gasteiger charge is -2.38. The van der Waals surface area contributed by atoms with Crippen LogP contribution >= 0.6 is 0 Å². The molecule has 1 aliphatic carbocycles. The number of rotatable bonds is 3. The van der Waals surface area contributed by atoms with Gasteiger partial charge in [-0.2, -0.15) is 0 Å². The van der Waals surface area contributed by atoms with Crippen LogP contribution in [0.15, 0.2) is 48.5 Å². The van der Waals surface area contributed by atoms with Gasteiger partial charge in [0, 0.05) is 5.69 Å². The molecule has 0 aliphatic heterocycles. The van der Waals surface area contributed by atoms with Gasteiger partial charge in [0.1, 0.15) is 11.4 Å². The second-order valence-electron chi connectivity index (χ2n) is 5.42. The average molecular weight is 284 g/mol. The maximum absolute atomic E-state index is 13.4. The zero-order valence-electron chi connectivity index (χ0n) is 11.6. The summed E-state index contributed by atoms with van der Waals surface area (Å²) in [5.41, 5.74) is 7.31. The number of amides is 1. The zero-order valence-corrected chi connectivity index (χ0v) is 11.6. The van der Waals surface area contributed by atoms with Crippen molar-refractivity contribution >= 4 is 11.6 Å². The fourth-order valence-corrected chi connectivity index (χ4v) is 3.09. The number of benzene rings is 2. The summed E-state index contributed by atoms with van der Waals surface area (Å²) in [4.78, 5) is 12.2. The van der Waals surface area contributed by atoms with E-state index in [1.54, 1.807) is 12.1 Å². The summed E-state index contributed by atoms with van der Waals surface area (Å²) in [6.07, 6.45) is 2.40. The monoisotopic (exact) mass is 284 g/mol. The van der Waals surface area contributed by atoms with Crippen LogP contribution in [0.1, 0.15) is 24.0 Å². The lowest BCUT2D eigenvalue weighted by Crippen LogP contribution is -2.49. The van der Waals surface area contributed by atoms with E-state index in [1.807, 2.05) is 24.3 Å². The quantitative estimate of drug-likeness (QED) is 0.910. The second-order valence-corrected chi connectivity index (χ2v) is 5.42. The Labute approximate surface area is 123 Å². The van der Waals surface area contributed by atoms with Crippen LogP contribution in [0.4, 0.5) is 10.1 Å². The highest BCUT2D eigenvalue weighted by molar-refractivity contribution is 5.90. The maximum atomic E-state index is 13.4. The molecule has 0 spiro atoms. The van der Waals surface area contributed by atoms with Crippen molar-refractivity contribution in [1.29, 1.82) is 0 Å². The molecule has 0 aromatic heterocycles. The summed E-state index contributed by atoms with van der Waals surface area (Å²) in [7, 11) is 0. The molecule has 4 heteroatoms. The molecule has 3 N–H and O–H groups in total. The molecule has 3 nitrogen and oxygen atoms in total. The topological polar surface area (TPSA) is 55.1 Å². The number of nitrogens with two attached hydrogens (primary N) is 1. The molecule has 2 aromatic rings. The van der Waals surface area contributed by atoms with Gasteiger partial charge < -0.3 is 11.1 Å². The summed E-state index contributed by atoms with van der Waals surface area (Å²) in [6.45, 7) is 0. The molecule has 2 aromatic carbocycles. The van der Waals surface area contributed by atoms with Crippen molar-refractivity contribution < 1.29 is 9.18 Å². The minimum absolute atomic E-state index is 0.344. The number of nitrogens with one attached hydrogen (secondary N) is 1. The number of anilines is 1. The first-order chi connectivity index (χ1) is 10.1. The summed E-state index contributed by atoms with van der Waals surface area (Å²) in [5, 5.41) is 3.18. The highest BCUT2D eigenvalue weighted by Gasteiger charge is 2.41. The number of primary amides is 1. The van der Waals surface area contributed by atoms with Crippen molar-refractivity contribution in [3.05, 3.63) is 65.5 Å². The molecule has 0 radical (unpaired) electrons. The van der Waals surface area contributed by atoms with E-state index in [0.29, 0.717) is 12.1 Å². The number of fused-ring (bicyclic) bond motifs is 1. The third kappa shape index (κ3) is 2.37. The number of hydrogen-bond acceptors (Lipinski definition) is 2. The molecule has 3 rings (SSSR count). The first-order valence-corrected chi connectivity index (χ1v) is 7.04. The Morgan fingerprint density at radius 1 is 1.19 bits per heavy atom. The smallest absolute Gasteiger partial charge is 0.247 e. The molecule has 1 amide bonds. The first-order valence-electron chi connectivity index (χ1n) is 7.04. The van der Waals surface area contributed by atoms with Crippen molar-refractivity contribution in [2.75, 3.05) is 5.32 Å². The van der Waals surface area contributed by atoms with Gasteiger partial charge in [0.05, 0.1) is 0 Å². The maximum Gasteiger partial charge on any atom is 0.247 e. The molecule has 1 unspecified atom stereocenters. The van der Waals surface area contributed by atoms with Crippen LogP contribution in [0.2, 0.25) is 0 Å². The molecule has 0 heterocycles. The van der Waals surface area contributed by atoms with Gasteiger partial charge in [0.15, 0.2) is 0 Å². The largest absolute Gasteiger partial charge is 0.368 e. The van der Waals surface area contributed by atoms with Crippen molar-refractivity contribution in [2.45, 2.75) is 24.8 Å². The predicted octanol–water partition coefficient (Wildman–Crippen LogP) is 2.95. The van der Waals surface area contributed by atoms with E-state index < -0.39 is 11.4 Å². The molecule has 1 aliphatic rings. The van der Waals surface area contributed by atoms with E-state index in [2.05, 4.69) is 5.32 Å². The van der Waals surface area contributed by atoms with E-state index in [4.69, 9.17) is 5.73 Å². The van der Waals surface area contributed by atoms with Gasteiger partial charge in [0.2, 0.25) is 5.91 Å². The highest BCUT2D eigenvalue weighted by atomic mass is 19.1. The Bertz CT molecular complexity index is 686. The standard InChI is InChI=1S/C17H17FN2O/c18-13-7-3-8-14(11-13)20-17(16(19)21)10-4-6-12-5-1-2-9-15(12)17/h1-3,5,7-9,11,20H,4,6,10H2,(H2,19,21). The normalized spacial score (nSPS) is 20.6. The number of halogens is 1. The first kappa shape index (κ1) is 13.6.